The van der Waals surface area contributed by atoms with Gasteiger partial charge < -0.3 is 0 Å². The minimum absolute atomic E-state index is 0.211. The molecule has 0 aliphatic rings. The van der Waals surface area contributed by atoms with Crippen LogP contribution in [0.3, 0.4) is 0 Å². The van der Waals surface area contributed by atoms with Crippen LogP contribution in [0.5, 0.6) is 0 Å². The van der Waals surface area contributed by atoms with Crippen molar-refractivity contribution < 1.29 is 4.39 Å². The molecule has 0 aliphatic carbocycles. The van der Waals surface area contributed by atoms with Gasteiger partial charge in [-0.15, -0.1) is 11.3 Å². The summed E-state index contributed by atoms with van der Waals surface area (Å²) in [7, 11) is 0. The van der Waals surface area contributed by atoms with Gasteiger partial charge >= 0.3 is 0 Å². The number of aromatic nitrogens is 1. The predicted octanol–water partition coefficient (Wildman–Crippen LogP) is 8.05. The second-order valence-corrected chi connectivity index (χ2v) is 8.74. The first kappa shape index (κ1) is 18.0. The quantitative estimate of drug-likeness (QED) is 0.300. The van der Waals surface area contributed by atoms with Gasteiger partial charge in [-0.3, -0.25) is 4.98 Å². The minimum atomic E-state index is -0.211. The molecule has 0 saturated heterocycles. The topological polar surface area (TPSA) is 12.9 Å². The lowest BCUT2D eigenvalue weighted by Gasteiger charge is -2.08. The van der Waals surface area contributed by atoms with Gasteiger partial charge in [-0.25, -0.2) is 4.39 Å². The molecule has 5 aromatic rings. The predicted molar refractivity (Wildman–Crippen MR) is 122 cm³/mol. The Hall–Kier alpha value is -3.04. The van der Waals surface area contributed by atoms with Gasteiger partial charge in [0.05, 0.1) is 5.69 Å². The number of nitrogens with zero attached hydrogens (tertiary/aromatic N) is 1. The molecule has 2 aromatic heterocycles. The van der Waals surface area contributed by atoms with Crippen LogP contribution in [-0.4, -0.2) is 4.98 Å². The van der Waals surface area contributed by atoms with Crippen molar-refractivity contribution in [2.45, 2.75) is 19.8 Å². The summed E-state index contributed by atoms with van der Waals surface area (Å²) < 4.78 is 15.8. The fourth-order valence-corrected chi connectivity index (χ4v) is 4.79. The largest absolute Gasteiger partial charge is 0.256 e. The van der Waals surface area contributed by atoms with E-state index >= 15 is 0 Å². The van der Waals surface area contributed by atoms with Crippen molar-refractivity contribution in [3.05, 3.63) is 90.4 Å². The standard InChI is InChI=1S/C26H20FNS/c1-16(2)18-11-12-28-24(15-18)20-6-10-26-23(14-20)22-13-19(5-9-25(22)29-26)17-3-7-21(27)8-4-17/h3-16H,1-2H3. The molecule has 0 atom stereocenters. The maximum Gasteiger partial charge on any atom is 0.123 e. The smallest absolute Gasteiger partial charge is 0.123 e. The van der Waals surface area contributed by atoms with Crippen LogP contribution in [0.15, 0.2) is 79.0 Å². The fraction of sp³-hybridized carbons (Fsp3) is 0.115. The summed E-state index contributed by atoms with van der Waals surface area (Å²) in [6.45, 7) is 4.40. The number of fused-ring (bicyclic) bond motifs is 3. The molecule has 3 heteroatoms. The number of hydrogen-bond donors (Lipinski definition) is 0. The lowest BCUT2D eigenvalue weighted by molar-refractivity contribution is 0.628. The highest BCUT2D eigenvalue weighted by atomic mass is 32.1. The van der Waals surface area contributed by atoms with E-state index in [9.17, 15) is 4.39 Å². The molecule has 0 radical (unpaired) electrons. The molecule has 0 N–H and O–H groups in total. The van der Waals surface area contributed by atoms with Gasteiger partial charge in [-0.05, 0) is 71.1 Å². The first-order chi connectivity index (χ1) is 14.1. The molecule has 142 valence electrons. The van der Waals surface area contributed by atoms with Crippen LogP contribution < -0.4 is 0 Å². The molecular formula is C26H20FNS. The number of pyridine rings is 1. The van der Waals surface area contributed by atoms with Crippen molar-refractivity contribution in [3.8, 4) is 22.4 Å². The summed E-state index contributed by atoms with van der Waals surface area (Å²) in [5.41, 5.74) is 5.56. The fourth-order valence-electron chi connectivity index (χ4n) is 3.72. The van der Waals surface area contributed by atoms with Crippen LogP contribution in [0.2, 0.25) is 0 Å². The van der Waals surface area contributed by atoms with Crippen LogP contribution in [0.4, 0.5) is 4.39 Å². The molecule has 0 fully saturated rings. The highest BCUT2D eigenvalue weighted by Gasteiger charge is 2.10. The zero-order valence-electron chi connectivity index (χ0n) is 16.3. The first-order valence-corrected chi connectivity index (χ1v) is 10.6. The monoisotopic (exact) mass is 397 g/mol. The third kappa shape index (κ3) is 3.32. The Labute approximate surface area is 173 Å². The molecule has 0 bridgehead atoms. The molecule has 5 rings (SSSR count). The molecular weight excluding hydrogens is 377 g/mol. The summed E-state index contributed by atoms with van der Waals surface area (Å²) in [6.07, 6.45) is 1.90. The lowest BCUT2D eigenvalue weighted by Crippen LogP contribution is -1.90. The Morgan fingerprint density at radius 3 is 2.03 bits per heavy atom. The van der Waals surface area contributed by atoms with E-state index in [1.165, 1.54) is 37.9 Å². The Kier molecular flexibility index (Phi) is 4.40. The van der Waals surface area contributed by atoms with Gasteiger partial charge in [-0.1, -0.05) is 38.1 Å². The first-order valence-electron chi connectivity index (χ1n) is 9.77. The molecule has 2 heterocycles. The van der Waals surface area contributed by atoms with E-state index in [2.05, 4.69) is 67.4 Å². The summed E-state index contributed by atoms with van der Waals surface area (Å²) in [5, 5.41) is 2.47. The molecule has 0 aliphatic heterocycles. The second kappa shape index (κ2) is 7.09. The van der Waals surface area contributed by atoms with Crippen molar-refractivity contribution >= 4 is 31.5 Å². The molecule has 3 aromatic carbocycles. The van der Waals surface area contributed by atoms with Crippen LogP contribution in [0, 0.1) is 5.82 Å². The second-order valence-electron chi connectivity index (χ2n) is 7.66. The van der Waals surface area contributed by atoms with Crippen molar-refractivity contribution in [3.63, 3.8) is 0 Å². The maximum absolute atomic E-state index is 13.3. The van der Waals surface area contributed by atoms with Gasteiger partial charge in [0.2, 0.25) is 0 Å². The van der Waals surface area contributed by atoms with Gasteiger partial charge in [0.15, 0.2) is 0 Å². The Bertz CT molecular complexity index is 1330. The zero-order chi connectivity index (χ0) is 20.0. The highest BCUT2D eigenvalue weighted by molar-refractivity contribution is 7.25. The van der Waals surface area contributed by atoms with E-state index < -0.39 is 0 Å². The average Bonchev–Trinajstić information content (AvgIpc) is 3.11. The van der Waals surface area contributed by atoms with Crippen LogP contribution in [0.1, 0.15) is 25.3 Å². The van der Waals surface area contributed by atoms with Crippen molar-refractivity contribution in [2.24, 2.45) is 0 Å². The summed E-state index contributed by atoms with van der Waals surface area (Å²) in [6, 6.07) is 24.0. The van der Waals surface area contributed by atoms with E-state index in [-0.39, 0.29) is 5.82 Å². The van der Waals surface area contributed by atoms with Crippen molar-refractivity contribution in [1.82, 2.24) is 4.98 Å². The number of hydrogen-bond acceptors (Lipinski definition) is 2. The van der Waals surface area contributed by atoms with E-state index in [4.69, 9.17) is 0 Å². The molecule has 29 heavy (non-hydrogen) atoms. The Morgan fingerprint density at radius 1 is 0.724 bits per heavy atom. The molecule has 0 amide bonds. The van der Waals surface area contributed by atoms with Gasteiger partial charge in [-0.2, -0.15) is 0 Å². The highest BCUT2D eigenvalue weighted by Crippen LogP contribution is 2.38. The minimum Gasteiger partial charge on any atom is -0.256 e. The molecule has 0 spiro atoms. The van der Waals surface area contributed by atoms with E-state index in [1.54, 1.807) is 11.3 Å². The van der Waals surface area contributed by atoms with Crippen LogP contribution in [0.25, 0.3) is 42.6 Å². The number of rotatable bonds is 3. The number of thiophene rings is 1. The SMILES string of the molecule is CC(C)c1ccnc(-c2ccc3sc4ccc(-c5ccc(F)cc5)cc4c3c2)c1. The summed E-state index contributed by atoms with van der Waals surface area (Å²) in [5.74, 6) is 0.261. The van der Waals surface area contributed by atoms with Gasteiger partial charge in [0.1, 0.15) is 5.82 Å². The maximum atomic E-state index is 13.3. The van der Waals surface area contributed by atoms with Gasteiger partial charge in [0.25, 0.3) is 0 Å². The van der Waals surface area contributed by atoms with Crippen LogP contribution >= 0.6 is 11.3 Å². The average molecular weight is 398 g/mol. The van der Waals surface area contributed by atoms with Crippen molar-refractivity contribution in [2.75, 3.05) is 0 Å². The lowest BCUT2D eigenvalue weighted by atomic mass is 9.99. The molecule has 1 nitrogen and oxygen atoms in total. The van der Waals surface area contributed by atoms with E-state index in [0.717, 1.165) is 22.4 Å². The zero-order valence-corrected chi connectivity index (χ0v) is 17.1. The van der Waals surface area contributed by atoms with Crippen LogP contribution in [-0.2, 0) is 0 Å². The summed E-state index contributed by atoms with van der Waals surface area (Å²) in [4.78, 5) is 4.60. The van der Waals surface area contributed by atoms with E-state index in [0.29, 0.717) is 5.92 Å². The molecule has 0 unspecified atom stereocenters. The van der Waals surface area contributed by atoms with E-state index in [1.807, 2.05) is 18.3 Å². The molecule has 0 saturated carbocycles. The Balaban J connectivity index is 1.66. The van der Waals surface area contributed by atoms with Gasteiger partial charge in [0, 0.05) is 31.9 Å². The number of benzene rings is 3. The number of halogens is 1. The summed E-state index contributed by atoms with van der Waals surface area (Å²) >= 11 is 1.80. The van der Waals surface area contributed by atoms with Crippen molar-refractivity contribution in [1.29, 1.82) is 0 Å². The third-order valence-corrected chi connectivity index (χ3v) is 6.55. The normalized spacial score (nSPS) is 11.6. The third-order valence-electron chi connectivity index (χ3n) is 5.39. The Morgan fingerprint density at radius 2 is 1.34 bits per heavy atom.